The summed E-state index contributed by atoms with van der Waals surface area (Å²) < 4.78 is 7.57. The Hall–Kier alpha value is -0.830. The molecule has 4 unspecified atom stereocenters. The van der Waals surface area contributed by atoms with Crippen LogP contribution in [-0.2, 0) is 4.74 Å². The third-order valence-electron chi connectivity index (χ3n) is 4.50. The highest BCUT2D eigenvalue weighted by atomic mass is 35.5. The van der Waals surface area contributed by atoms with Crippen LogP contribution in [0.15, 0.2) is 18.6 Å². The third kappa shape index (κ3) is 2.75. The molecule has 2 aliphatic rings. The maximum atomic E-state index is 10.5. The first-order chi connectivity index (χ1) is 9.61. The zero-order valence-corrected chi connectivity index (χ0v) is 14.5. The van der Waals surface area contributed by atoms with Gasteiger partial charge in [0.15, 0.2) is 6.23 Å². The lowest BCUT2D eigenvalue weighted by Crippen LogP contribution is -2.43. The number of anilines is 1. The van der Waals surface area contributed by atoms with Crippen LogP contribution in [0.3, 0.4) is 0 Å². The van der Waals surface area contributed by atoms with Crippen LogP contribution in [0.2, 0.25) is 0 Å². The summed E-state index contributed by atoms with van der Waals surface area (Å²) in [5.74, 6) is 0.389. The van der Waals surface area contributed by atoms with E-state index in [2.05, 4.69) is 9.97 Å². The molecule has 1 saturated carbocycles. The molecule has 0 aromatic carbocycles. The van der Waals surface area contributed by atoms with Crippen molar-refractivity contribution >= 4 is 54.1 Å². The zero-order valence-electron chi connectivity index (χ0n) is 12.0. The smallest absolute Gasteiger partial charge is 0.164 e. The third-order valence-corrected chi connectivity index (χ3v) is 4.50. The summed E-state index contributed by atoms with van der Waals surface area (Å²) in [4.78, 5) is 8.13. The van der Waals surface area contributed by atoms with Gasteiger partial charge in [-0.3, -0.25) is 0 Å². The maximum absolute atomic E-state index is 10.5. The number of nitrogens with zero attached hydrogens (tertiary/aromatic N) is 3. The highest BCUT2D eigenvalue weighted by Crippen LogP contribution is 2.47. The highest BCUT2D eigenvalue weighted by molar-refractivity contribution is 5.86. The summed E-state index contributed by atoms with van der Waals surface area (Å²) in [5.41, 5.74) is 5.25. The minimum atomic E-state index is -1.15. The minimum Gasteiger partial charge on any atom is -0.385 e. The number of halogens is 3. The van der Waals surface area contributed by atoms with E-state index >= 15 is 0 Å². The van der Waals surface area contributed by atoms with Crippen LogP contribution in [0.25, 0.3) is 11.0 Å². The molecule has 2 aromatic rings. The van der Waals surface area contributed by atoms with E-state index in [-0.39, 0.29) is 43.3 Å². The predicted octanol–water partition coefficient (Wildman–Crippen LogP) is 1.45. The number of aromatic nitrogens is 3. The molecular formula is C13H19Cl3N4O3. The molecule has 7 nitrogen and oxygen atoms in total. The highest BCUT2D eigenvalue weighted by Gasteiger charge is 2.58. The second-order valence-electron chi connectivity index (χ2n) is 5.56. The molecule has 2 fully saturated rings. The van der Waals surface area contributed by atoms with Gasteiger partial charge in [0.25, 0.3) is 0 Å². The first-order valence-electron chi connectivity index (χ1n) is 6.74. The molecule has 10 heteroatoms. The Kier molecular flexibility index (Phi) is 6.12. The van der Waals surface area contributed by atoms with Gasteiger partial charge in [-0.2, -0.15) is 0 Å². The van der Waals surface area contributed by atoms with Crippen LogP contribution in [0.1, 0.15) is 25.5 Å². The summed E-state index contributed by atoms with van der Waals surface area (Å²) in [6, 6.07) is 1.79. The zero-order chi connectivity index (χ0) is 13.9. The summed E-state index contributed by atoms with van der Waals surface area (Å²) in [6.07, 6.45) is 3.40. The minimum absolute atomic E-state index is 0. The number of rotatable bonds is 1. The Morgan fingerprint density at radius 1 is 1.30 bits per heavy atom. The van der Waals surface area contributed by atoms with Gasteiger partial charge < -0.3 is 25.3 Å². The van der Waals surface area contributed by atoms with Crippen molar-refractivity contribution in [2.75, 3.05) is 5.73 Å². The van der Waals surface area contributed by atoms with Crippen molar-refractivity contribution in [3.05, 3.63) is 18.6 Å². The van der Waals surface area contributed by atoms with E-state index in [0.717, 1.165) is 12.8 Å². The first-order valence-corrected chi connectivity index (χ1v) is 6.74. The van der Waals surface area contributed by atoms with Gasteiger partial charge in [0.2, 0.25) is 0 Å². The van der Waals surface area contributed by atoms with E-state index in [9.17, 15) is 10.2 Å². The predicted molar refractivity (Wildman–Crippen MR) is 92.4 cm³/mol. The van der Waals surface area contributed by atoms with Gasteiger partial charge in [-0.15, -0.1) is 37.2 Å². The molecule has 4 atom stereocenters. The normalized spacial score (nSPS) is 31.8. The number of hydrogen-bond donors (Lipinski definition) is 3. The molecule has 0 spiro atoms. The van der Waals surface area contributed by atoms with E-state index in [1.54, 1.807) is 16.8 Å². The SMILES string of the molecule is Cl.Cl.Cl.Nc1ncnc2c1ccn2C1OC2CCCC2(O)C1O. The van der Waals surface area contributed by atoms with Crippen molar-refractivity contribution in [2.24, 2.45) is 0 Å². The number of fused-ring (bicyclic) bond motifs is 2. The van der Waals surface area contributed by atoms with Crippen LogP contribution in [0.4, 0.5) is 5.82 Å². The number of nitrogens with two attached hydrogens (primary N) is 1. The van der Waals surface area contributed by atoms with Gasteiger partial charge in [-0.25, -0.2) is 9.97 Å². The average Bonchev–Trinajstić information content (AvgIpc) is 3.06. The lowest BCUT2D eigenvalue weighted by molar-refractivity contribution is -0.0637. The van der Waals surface area contributed by atoms with Gasteiger partial charge in [0.05, 0.1) is 11.5 Å². The van der Waals surface area contributed by atoms with Crippen LogP contribution in [-0.4, -0.2) is 42.6 Å². The molecule has 4 N–H and O–H groups in total. The number of aliphatic hydroxyl groups is 2. The van der Waals surface area contributed by atoms with Gasteiger partial charge >= 0.3 is 0 Å². The van der Waals surface area contributed by atoms with Crippen LogP contribution >= 0.6 is 37.2 Å². The lowest BCUT2D eigenvalue weighted by atomic mass is 9.94. The maximum Gasteiger partial charge on any atom is 0.164 e. The Morgan fingerprint density at radius 3 is 2.74 bits per heavy atom. The van der Waals surface area contributed by atoms with E-state index in [1.807, 2.05) is 0 Å². The monoisotopic (exact) mass is 384 g/mol. The van der Waals surface area contributed by atoms with Gasteiger partial charge in [0.1, 0.15) is 29.5 Å². The molecule has 0 radical (unpaired) electrons. The molecule has 0 amide bonds. The van der Waals surface area contributed by atoms with Crippen molar-refractivity contribution in [3.8, 4) is 0 Å². The number of nitrogen functional groups attached to an aromatic ring is 1. The fraction of sp³-hybridized carbons (Fsp3) is 0.538. The largest absolute Gasteiger partial charge is 0.385 e. The number of ether oxygens (including phenoxy) is 1. The van der Waals surface area contributed by atoms with Crippen molar-refractivity contribution in [1.29, 1.82) is 0 Å². The second-order valence-corrected chi connectivity index (χ2v) is 5.56. The summed E-state index contributed by atoms with van der Waals surface area (Å²) in [7, 11) is 0. The van der Waals surface area contributed by atoms with E-state index in [4.69, 9.17) is 10.5 Å². The number of hydrogen-bond acceptors (Lipinski definition) is 6. The standard InChI is InChI=1S/C13H16N4O3.3ClH/c14-10-7-3-5-17(11(7)16-6-15-10)12-9(18)13(19)4-1-2-8(13)20-12;;;/h3,5-6,8-9,12,18-19H,1-2,4H2,(H2,14,15,16);3*1H. The quantitative estimate of drug-likeness (QED) is 0.686. The molecule has 1 saturated heterocycles. The molecule has 1 aliphatic heterocycles. The molecule has 2 aromatic heterocycles. The van der Waals surface area contributed by atoms with Crippen molar-refractivity contribution in [3.63, 3.8) is 0 Å². The van der Waals surface area contributed by atoms with Crippen molar-refractivity contribution in [1.82, 2.24) is 14.5 Å². The Morgan fingerprint density at radius 2 is 2.04 bits per heavy atom. The lowest BCUT2D eigenvalue weighted by Gasteiger charge is -2.25. The molecular weight excluding hydrogens is 367 g/mol. The molecule has 130 valence electrons. The second kappa shape index (κ2) is 6.96. The van der Waals surface area contributed by atoms with Gasteiger partial charge in [-0.1, -0.05) is 0 Å². The van der Waals surface area contributed by atoms with E-state index in [1.165, 1.54) is 6.33 Å². The molecule has 23 heavy (non-hydrogen) atoms. The fourth-order valence-electron chi connectivity index (χ4n) is 3.41. The molecule has 1 aliphatic carbocycles. The fourth-order valence-corrected chi connectivity index (χ4v) is 3.41. The first kappa shape index (κ1) is 20.2. The summed E-state index contributed by atoms with van der Waals surface area (Å²) in [5, 5.41) is 21.7. The topological polar surface area (TPSA) is 106 Å². The van der Waals surface area contributed by atoms with Crippen LogP contribution in [0.5, 0.6) is 0 Å². The van der Waals surface area contributed by atoms with Gasteiger partial charge in [-0.05, 0) is 25.3 Å². The van der Waals surface area contributed by atoms with Gasteiger partial charge in [0, 0.05) is 6.20 Å². The Labute approximate surface area is 151 Å². The van der Waals surface area contributed by atoms with Crippen LogP contribution < -0.4 is 5.73 Å². The van der Waals surface area contributed by atoms with E-state index in [0.29, 0.717) is 23.3 Å². The summed E-state index contributed by atoms with van der Waals surface area (Å²) >= 11 is 0. The van der Waals surface area contributed by atoms with Crippen molar-refractivity contribution in [2.45, 2.75) is 43.3 Å². The Bertz CT molecular complexity index is 686. The molecule has 4 rings (SSSR count). The van der Waals surface area contributed by atoms with Crippen LogP contribution in [0, 0.1) is 0 Å². The summed E-state index contributed by atoms with van der Waals surface area (Å²) in [6.45, 7) is 0. The Balaban J connectivity index is 0.000000882. The van der Waals surface area contributed by atoms with E-state index < -0.39 is 17.9 Å². The molecule has 3 heterocycles. The average molecular weight is 386 g/mol. The molecule has 0 bridgehead atoms. The van der Waals surface area contributed by atoms with Crippen molar-refractivity contribution < 1.29 is 14.9 Å². The number of aliphatic hydroxyl groups excluding tert-OH is 1.